The highest BCUT2D eigenvalue weighted by Crippen LogP contribution is 2.52. The maximum Gasteiger partial charge on any atom is 0.415 e. The summed E-state index contributed by atoms with van der Waals surface area (Å²) in [5, 5.41) is 0. The van der Waals surface area contributed by atoms with Crippen LogP contribution >= 0.6 is 0 Å². The molecule has 6 heteroatoms. The number of ether oxygens (including phenoxy) is 3. The predicted molar refractivity (Wildman–Crippen MR) is 70.2 cm³/mol. The van der Waals surface area contributed by atoms with E-state index in [2.05, 4.69) is 5.92 Å². The molecule has 0 amide bonds. The lowest BCUT2D eigenvalue weighted by atomic mass is 9.77. The SMILES string of the molecule is C#CCCCCC12OCC(CCC)(CO1)C(C(F)(F)F)O2. The zero-order valence-electron chi connectivity index (χ0n) is 12.2. The molecule has 3 rings (SSSR count). The van der Waals surface area contributed by atoms with Crippen LogP contribution in [-0.2, 0) is 14.2 Å². The fraction of sp³-hybridized carbons (Fsp3) is 0.867. The molecule has 21 heavy (non-hydrogen) atoms. The first-order valence-corrected chi connectivity index (χ1v) is 7.33. The second-order valence-electron chi connectivity index (χ2n) is 5.82. The fourth-order valence-corrected chi connectivity index (χ4v) is 3.07. The third-order valence-electron chi connectivity index (χ3n) is 4.11. The van der Waals surface area contributed by atoms with Crippen molar-refractivity contribution in [2.24, 2.45) is 5.41 Å². The number of alkyl halides is 3. The van der Waals surface area contributed by atoms with Gasteiger partial charge in [-0.15, -0.1) is 12.3 Å². The van der Waals surface area contributed by atoms with Crippen LogP contribution in [-0.4, -0.2) is 31.5 Å². The molecule has 3 nitrogen and oxygen atoms in total. The van der Waals surface area contributed by atoms with Crippen LogP contribution in [0.4, 0.5) is 13.2 Å². The summed E-state index contributed by atoms with van der Waals surface area (Å²) < 4.78 is 56.3. The van der Waals surface area contributed by atoms with Crippen LogP contribution in [0.5, 0.6) is 0 Å². The Morgan fingerprint density at radius 2 is 1.86 bits per heavy atom. The lowest BCUT2D eigenvalue weighted by molar-refractivity contribution is -0.515. The smallest absolute Gasteiger partial charge is 0.327 e. The number of hydrogen-bond donors (Lipinski definition) is 0. The summed E-state index contributed by atoms with van der Waals surface area (Å²) in [6.07, 6.45) is 2.09. The molecule has 1 unspecified atom stereocenters. The van der Waals surface area contributed by atoms with Crippen molar-refractivity contribution >= 4 is 0 Å². The summed E-state index contributed by atoms with van der Waals surface area (Å²) in [6, 6.07) is 0. The molecule has 120 valence electrons. The molecule has 0 spiro atoms. The standard InChI is InChI=1S/C15H21F3O3/c1-3-5-6-7-9-14-19-10-13(8-4-2,11-20-14)12(21-14)15(16,17)18/h1,12H,4-11H2,2H3. The maximum atomic E-state index is 13.3. The maximum absolute atomic E-state index is 13.3. The lowest BCUT2D eigenvalue weighted by Crippen LogP contribution is -2.68. The molecule has 2 bridgehead atoms. The van der Waals surface area contributed by atoms with Crippen molar-refractivity contribution in [2.45, 2.75) is 63.7 Å². The van der Waals surface area contributed by atoms with Gasteiger partial charge in [0.05, 0.1) is 18.6 Å². The van der Waals surface area contributed by atoms with Gasteiger partial charge in [-0.1, -0.05) is 13.3 Å². The van der Waals surface area contributed by atoms with Crippen LogP contribution in [0.1, 0.15) is 45.4 Å². The first kappa shape index (κ1) is 16.6. The van der Waals surface area contributed by atoms with Gasteiger partial charge in [-0.3, -0.25) is 0 Å². The van der Waals surface area contributed by atoms with Gasteiger partial charge >= 0.3 is 6.18 Å². The Labute approximate surface area is 123 Å². The van der Waals surface area contributed by atoms with Crippen LogP contribution in [0.25, 0.3) is 0 Å². The summed E-state index contributed by atoms with van der Waals surface area (Å²) in [7, 11) is 0. The van der Waals surface area contributed by atoms with Crippen molar-refractivity contribution in [1.29, 1.82) is 0 Å². The van der Waals surface area contributed by atoms with Gasteiger partial charge in [0.1, 0.15) is 0 Å². The van der Waals surface area contributed by atoms with Crippen LogP contribution in [0.15, 0.2) is 0 Å². The predicted octanol–water partition coefficient (Wildman–Crippen LogP) is 3.63. The van der Waals surface area contributed by atoms with E-state index in [1.165, 1.54) is 0 Å². The summed E-state index contributed by atoms with van der Waals surface area (Å²) in [5.74, 6) is 0.948. The molecule has 0 N–H and O–H groups in total. The van der Waals surface area contributed by atoms with Crippen molar-refractivity contribution in [3.63, 3.8) is 0 Å². The Morgan fingerprint density at radius 1 is 1.19 bits per heavy atom. The number of halogens is 3. The number of unbranched alkanes of at least 4 members (excludes halogenated alkanes) is 2. The average Bonchev–Trinajstić information content (AvgIpc) is 2.44. The Morgan fingerprint density at radius 3 is 2.38 bits per heavy atom. The molecule has 0 aromatic heterocycles. The summed E-state index contributed by atoms with van der Waals surface area (Å²) in [6.45, 7) is 1.90. The molecule has 0 saturated carbocycles. The second-order valence-corrected chi connectivity index (χ2v) is 5.82. The minimum Gasteiger partial charge on any atom is -0.327 e. The molecule has 0 aromatic rings. The van der Waals surface area contributed by atoms with Gasteiger partial charge in [-0.05, 0) is 19.3 Å². The molecule has 3 aliphatic rings. The van der Waals surface area contributed by atoms with Crippen molar-refractivity contribution in [3.8, 4) is 12.3 Å². The van der Waals surface area contributed by atoms with Crippen molar-refractivity contribution in [3.05, 3.63) is 0 Å². The summed E-state index contributed by atoms with van der Waals surface area (Å²) in [4.78, 5) is 0. The Balaban J connectivity index is 2.08. The molecule has 3 fully saturated rings. The van der Waals surface area contributed by atoms with E-state index in [9.17, 15) is 13.2 Å². The van der Waals surface area contributed by atoms with Crippen LogP contribution in [0, 0.1) is 17.8 Å². The van der Waals surface area contributed by atoms with Crippen molar-refractivity contribution in [2.75, 3.05) is 13.2 Å². The van der Waals surface area contributed by atoms with Crippen LogP contribution in [0.3, 0.4) is 0 Å². The third kappa shape index (κ3) is 3.36. The van der Waals surface area contributed by atoms with Gasteiger partial charge in [0.15, 0.2) is 6.10 Å². The normalized spacial score (nSPS) is 35.7. The van der Waals surface area contributed by atoms with Gasteiger partial charge in [0.25, 0.3) is 5.97 Å². The number of terminal acetylenes is 1. The zero-order chi connectivity index (χ0) is 15.6. The zero-order valence-corrected chi connectivity index (χ0v) is 12.2. The molecular formula is C15H21F3O3. The molecule has 0 radical (unpaired) electrons. The molecule has 3 saturated heterocycles. The quantitative estimate of drug-likeness (QED) is 0.554. The van der Waals surface area contributed by atoms with E-state index in [0.29, 0.717) is 32.1 Å². The van der Waals surface area contributed by atoms with E-state index < -0.39 is 23.7 Å². The van der Waals surface area contributed by atoms with E-state index in [1.54, 1.807) is 0 Å². The largest absolute Gasteiger partial charge is 0.415 e. The minimum atomic E-state index is -4.41. The van der Waals surface area contributed by atoms with Crippen LogP contribution < -0.4 is 0 Å². The monoisotopic (exact) mass is 306 g/mol. The highest BCUT2D eigenvalue weighted by Gasteiger charge is 2.65. The van der Waals surface area contributed by atoms with Crippen molar-refractivity contribution in [1.82, 2.24) is 0 Å². The van der Waals surface area contributed by atoms with E-state index in [0.717, 1.165) is 0 Å². The Kier molecular flexibility index (Phi) is 4.86. The molecule has 0 aliphatic carbocycles. The average molecular weight is 306 g/mol. The molecule has 3 aliphatic heterocycles. The number of fused-ring (bicyclic) bond motifs is 3. The number of rotatable bonds is 6. The second kappa shape index (κ2) is 6.15. The molecule has 3 heterocycles. The molecular weight excluding hydrogens is 285 g/mol. The summed E-state index contributed by atoms with van der Waals surface area (Å²) in [5.41, 5.74) is -1.12. The number of hydrogen-bond acceptors (Lipinski definition) is 3. The van der Waals surface area contributed by atoms with E-state index in [1.807, 2.05) is 6.92 Å². The molecule has 1 atom stereocenters. The van der Waals surface area contributed by atoms with Gasteiger partial charge < -0.3 is 14.2 Å². The van der Waals surface area contributed by atoms with Crippen LogP contribution in [0.2, 0.25) is 0 Å². The highest BCUT2D eigenvalue weighted by atomic mass is 19.4. The Bertz CT molecular complexity index is 392. The van der Waals surface area contributed by atoms with Gasteiger partial charge in [0.2, 0.25) is 0 Å². The summed E-state index contributed by atoms with van der Waals surface area (Å²) >= 11 is 0. The van der Waals surface area contributed by atoms with Gasteiger partial charge in [-0.25, -0.2) is 0 Å². The minimum absolute atomic E-state index is 0.0279. The molecule has 0 aromatic carbocycles. The van der Waals surface area contributed by atoms with E-state index in [4.69, 9.17) is 20.6 Å². The topological polar surface area (TPSA) is 27.7 Å². The lowest BCUT2D eigenvalue weighted by Gasteiger charge is -2.56. The van der Waals surface area contributed by atoms with Gasteiger partial charge in [-0.2, -0.15) is 13.2 Å². The van der Waals surface area contributed by atoms with Crippen molar-refractivity contribution < 1.29 is 27.4 Å². The first-order chi connectivity index (χ1) is 9.87. The van der Waals surface area contributed by atoms with Gasteiger partial charge in [0, 0.05) is 12.8 Å². The van der Waals surface area contributed by atoms with E-state index in [-0.39, 0.29) is 19.6 Å². The fourth-order valence-electron chi connectivity index (χ4n) is 3.07. The highest BCUT2D eigenvalue weighted by molar-refractivity contribution is 4.98. The Hall–Kier alpha value is -0.770. The van der Waals surface area contributed by atoms with E-state index >= 15 is 0 Å². The third-order valence-corrected chi connectivity index (χ3v) is 4.11. The first-order valence-electron chi connectivity index (χ1n) is 7.33.